The van der Waals surface area contributed by atoms with Gasteiger partial charge in [-0.05, 0) is 33.0 Å². The van der Waals surface area contributed by atoms with Crippen molar-refractivity contribution in [3.63, 3.8) is 0 Å². The molecule has 2 rings (SSSR count). The molecule has 1 aliphatic rings. The fourth-order valence-corrected chi connectivity index (χ4v) is 2.36. The minimum Gasteiger partial charge on any atom is -0.310 e. The smallest absolute Gasteiger partial charge is 0.0762 e. The fourth-order valence-electron chi connectivity index (χ4n) is 2.36. The molecule has 1 aliphatic carbocycles. The zero-order chi connectivity index (χ0) is 12.1. The summed E-state index contributed by atoms with van der Waals surface area (Å²) in [6.45, 7) is 2.97. The molecule has 0 unspecified atom stereocenters. The van der Waals surface area contributed by atoms with Crippen molar-refractivity contribution in [1.82, 2.24) is 20.0 Å². The second kappa shape index (κ2) is 6.17. The number of hydrogen-bond acceptors (Lipinski definition) is 3. The van der Waals surface area contributed by atoms with Crippen LogP contribution in [-0.2, 0) is 6.54 Å². The third kappa shape index (κ3) is 3.82. The molecule has 0 saturated heterocycles. The van der Waals surface area contributed by atoms with Gasteiger partial charge >= 0.3 is 0 Å². The van der Waals surface area contributed by atoms with Crippen LogP contribution in [0.2, 0.25) is 0 Å². The van der Waals surface area contributed by atoms with Crippen LogP contribution in [0.3, 0.4) is 0 Å². The van der Waals surface area contributed by atoms with Crippen molar-refractivity contribution < 1.29 is 0 Å². The molecule has 0 amide bonds. The predicted molar refractivity (Wildman–Crippen MR) is 70.0 cm³/mol. The summed E-state index contributed by atoms with van der Waals surface area (Å²) >= 11 is 0. The number of likely N-dealkylation sites (N-methyl/N-ethyl adjacent to an activating group) is 1. The van der Waals surface area contributed by atoms with Gasteiger partial charge in [-0.1, -0.05) is 12.8 Å². The molecule has 1 fully saturated rings. The van der Waals surface area contributed by atoms with Crippen molar-refractivity contribution in [2.45, 2.75) is 38.3 Å². The Kier molecular flexibility index (Phi) is 4.57. The molecule has 17 heavy (non-hydrogen) atoms. The van der Waals surface area contributed by atoms with E-state index in [9.17, 15) is 0 Å². The fraction of sp³-hybridized carbons (Fsp3) is 0.769. The van der Waals surface area contributed by atoms with Gasteiger partial charge in [-0.15, -0.1) is 0 Å². The zero-order valence-electron chi connectivity index (χ0n) is 11.0. The molecule has 1 aromatic rings. The van der Waals surface area contributed by atoms with Crippen LogP contribution < -0.4 is 5.32 Å². The van der Waals surface area contributed by atoms with Gasteiger partial charge < -0.3 is 10.2 Å². The highest BCUT2D eigenvalue weighted by molar-refractivity contribution is 4.99. The van der Waals surface area contributed by atoms with E-state index in [-0.39, 0.29) is 0 Å². The SMILES string of the molecule is CN(C)CCNCc1ccn(C2CCCC2)n1. The molecule has 1 N–H and O–H groups in total. The molecule has 0 atom stereocenters. The average molecular weight is 236 g/mol. The molecule has 4 nitrogen and oxygen atoms in total. The van der Waals surface area contributed by atoms with Crippen LogP contribution in [0.4, 0.5) is 0 Å². The largest absolute Gasteiger partial charge is 0.310 e. The van der Waals surface area contributed by atoms with Crippen molar-refractivity contribution in [2.24, 2.45) is 0 Å². The van der Waals surface area contributed by atoms with Crippen molar-refractivity contribution >= 4 is 0 Å². The normalized spacial score (nSPS) is 17.1. The van der Waals surface area contributed by atoms with Crippen molar-refractivity contribution in [1.29, 1.82) is 0 Å². The first kappa shape index (κ1) is 12.6. The zero-order valence-corrected chi connectivity index (χ0v) is 11.0. The van der Waals surface area contributed by atoms with E-state index in [1.54, 1.807) is 0 Å². The first-order valence-electron chi connectivity index (χ1n) is 6.65. The quantitative estimate of drug-likeness (QED) is 0.762. The topological polar surface area (TPSA) is 33.1 Å². The number of aromatic nitrogens is 2. The molecule has 0 aliphatic heterocycles. The maximum atomic E-state index is 4.65. The highest BCUT2D eigenvalue weighted by atomic mass is 15.3. The van der Waals surface area contributed by atoms with Gasteiger partial charge in [0.25, 0.3) is 0 Å². The Morgan fingerprint density at radius 2 is 2.18 bits per heavy atom. The summed E-state index contributed by atoms with van der Waals surface area (Å²) in [4.78, 5) is 2.18. The van der Waals surface area contributed by atoms with E-state index >= 15 is 0 Å². The first-order valence-corrected chi connectivity index (χ1v) is 6.65. The first-order chi connectivity index (χ1) is 8.25. The minimum absolute atomic E-state index is 0.658. The molecular formula is C13H24N4. The van der Waals surface area contributed by atoms with Gasteiger partial charge in [-0.25, -0.2) is 0 Å². The molecular weight excluding hydrogens is 212 g/mol. The minimum atomic E-state index is 0.658. The summed E-state index contributed by atoms with van der Waals surface area (Å²) in [5, 5.41) is 8.07. The van der Waals surface area contributed by atoms with Gasteiger partial charge in [-0.2, -0.15) is 5.10 Å². The van der Waals surface area contributed by atoms with Gasteiger partial charge in [0, 0.05) is 25.8 Å². The molecule has 0 aromatic carbocycles. The molecule has 0 radical (unpaired) electrons. The average Bonchev–Trinajstić information content (AvgIpc) is 2.94. The summed E-state index contributed by atoms with van der Waals surface area (Å²) in [5.74, 6) is 0. The van der Waals surface area contributed by atoms with Crippen LogP contribution in [0.1, 0.15) is 37.4 Å². The maximum absolute atomic E-state index is 4.65. The Morgan fingerprint density at radius 3 is 2.88 bits per heavy atom. The van der Waals surface area contributed by atoms with E-state index in [4.69, 9.17) is 0 Å². The lowest BCUT2D eigenvalue weighted by Crippen LogP contribution is -2.26. The van der Waals surface area contributed by atoms with Gasteiger partial charge in [0.05, 0.1) is 11.7 Å². The van der Waals surface area contributed by atoms with E-state index in [1.165, 1.54) is 25.7 Å². The van der Waals surface area contributed by atoms with E-state index in [0.717, 1.165) is 25.3 Å². The molecule has 0 spiro atoms. The van der Waals surface area contributed by atoms with Gasteiger partial charge in [-0.3, -0.25) is 4.68 Å². The summed E-state index contributed by atoms with van der Waals surface area (Å²) < 4.78 is 2.16. The van der Waals surface area contributed by atoms with Crippen LogP contribution in [0, 0.1) is 0 Å². The van der Waals surface area contributed by atoms with E-state index in [2.05, 4.69) is 46.4 Å². The lowest BCUT2D eigenvalue weighted by molar-refractivity contribution is 0.398. The Morgan fingerprint density at radius 1 is 1.41 bits per heavy atom. The lowest BCUT2D eigenvalue weighted by atomic mass is 10.3. The third-order valence-electron chi connectivity index (χ3n) is 3.40. The van der Waals surface area contributed by atoms with Gasteiger partial charge in [0.1, 0.15) is 0 Å². The second-order valence-corrected chi connectivity index (χ2v) is 5.21. The predicted octanol–water partition coefficient (Wildman–Crippen LogP) is 1.65. The number of nitrogens with zero attached hydrogens (tertiary/aromatic N) is 3. The summed E-state index contributed by atoms with van der Waals surface area (Å²) in [5.41, 5.74) is 1.16. The Bertz CT molecular complexity index is 326. The van der Waals surface area contributed by atoms with E-state index in [0.29, 0.717) is 6.04 Å². The molecule has 1 saturated carbocycles. The molecule has 0 bridgehead atoms. The maximum Gasteiger partial charge on any atom is 0.0762 e. The summed E-state index contributed by atoms with van der Waals surface area (Å²) in [6.07, 6.45) is 7.46. The highest BCUT2D eigenvalue weighted by Crippen LogP contribution is 2.28. The van der Waals surface area contributed by atoms with Crippen LogP contribution in [0.15, 0.2) is 12.3 Å². The Labute approximate surface area is 104 Å². The van der Waals surface area contributed by atoms with Crippen molar-refractivity contribution in [3.8, 4) is 0 Å². The molecule has 1 aromatic heterocycles. The van der Waals surface area contributed by atoms with Gasteiger partial charge in [0.15, 0.2) is 0 Å². The Hall–Kier alpha value is -0.870. The highest BCUT2D eigenvalue weighted by Gasteiger charge is 2.17. The van der Waals surface area contributed by atoms with Crippen molar-refractivity contribution in [2.75, 3.05) is 27.2 Å². The van der Waals surface area contributed by atoms with Crippen LogP contribution in [0.25, 0.3) is 0 Å². The van der Waals surface area contributed by atoms with Crippen LogP contribution >= 0.6 is 0 Å². The number of hydrogen-bond donors (Lipinski definition) is 1. The third-order valence-corrected chi connectivity index (χ3v) is 3.40. The van der Waals surface area contributed by atoms with Crippen LogP contribution in [0.5, 0.6) is 0 Å². The van der Waals surface area contributed by atoms with E-state index in [1.807, 2.05) is 0 Å². The lowest BCUT2D eigenvalue weighted by Gasteiger charge is -2.10. The Balaban J connectivity index is 1.74. The standard InChI is InChI=1S/C13H24N4/c1-16(2)10-8-14-11-12-7-9-17(15-12)13-5-3-4-6-13/h7,9,13-14H,3-6,8,10-11H2,1-2H3. The molecule has 4 heteroatoms. The summed E-state index contributed by atoms with van der Waals surface area (Å²) in [6, 6.07) is 2.80. The second-order valence-electron chi connectivity index (χ2n) is 5.21. The molecule has 96 valence electrons. The van der Waals surface area contributed by atoms with E-state index < -0.39 is 0 Å². The van der Waals surface area contributed by atoms with Crippen molar-refractivity contribution in [3.05, 3.63) is 18.0 Å². The summed E-state index contributed by atoms with van der Waals surface area (Å²) in [7, 11) is 4.19. The number of nitrogens with one attached hydrogen (secondary N) is 1. The number of rotatable bonds is 6. The molecule has 1 heterocycles. The van der Waals surface area contributed by atoms with Crippen LogP contribution in [-0.4, -0.2) is 41.9 Å². The van der Waals surface area contributed by atoms with Gasteiger partial charge in [0.2, 0.25) is 0 Å². The monoisotopic (exact) mass is 236 g/mol.